The van der Waals surface area contributed by atoms with E-state index < -0.39 is 15.8 Å². The summed E-state index contributed by atoms with van der Waals surface area (Å²) in [5, 5.41) is 21.8. The molecule has 1 heterocycles. The van der Waals surface area contributed by atoms with Gasteiger partial charge in [0.15, 0.2) is 0 Å². The van der Waals surface area contributed by atoms with Crippen molar-refractivity contribution in [2.75, 3.05) is 14.2 Å². The summed E-state index contributed by atoms with van der Waals surface area (Å²) in [5.41, 5.74) is 2.26. The molecule has 2 radical (unpaired) electrons. The topological polar surface area (TPSA) is 83.8 Å². The molecule has 6 aromatic carbocycles. The van der Waals surface area contributed by atoms with Crippen LogP contribution in [0.15, 0.2) is 255 Å². The van der Waals surface area contributed by atoms with Gasteiger partial charge >= 0.3 is 39.0 Å². The van der Waals surface area contributed by atoms with Crippen molar-refractivity contribution in [3.8, 4) is 11.5 Å². The Morgan fingerprint density at radius 3 is 1.00 bits per heavy atom. The first-order valence-electron chi connectivity index (χ1n) is 32.1. The maximum absolute atomic E-state index is 10.4. The number of ether oxygens (including phenoxy) is 1. The molecule has 7 aliphatic rings. The monoisotopic (exact) mass is 1510 g/mol. The number of rotatable bonds is 11. The number of aliphatic hydroxyl groups is 2. The fraction of sp³-hybridized carbons (Fsp3) is 0.333. The van der Waals surface area contributed by atoms with Crippen LogP contribution in [0, 0.1) is 59.3 Å². The van der Waals surface area contributed by atoms with E-state index in [-0.39, 0.29) is 88.9 Å². The smallest absolute Gasteiger partial charge is 0.455 e. The van der Waals surface area contributed by atoms with Crippen molar-refractivity contribution in [1.82, 2.24) is 0 Å². The quantitative estimate of drug-likeness (QED) is 0.0337. The van der Waals surface area contributed by atoms with Crippen LogP contribution in [0.3, 0.4) is 0 Å². The summed E-state index contributed by atoms with van der Waals surface area (Å²) in [4.78, 5) is 19.9. The summed E-state index contributed by atoms with van der Waals surface area (Å²) in [7, 11) is 0.353. The molecule has 4 bridgehead atoms. The number of carbonyl (C=O) groups excluding carboxylic acids is 2. The molecule has 13 rings (SSSR count). The van der Waals surface area contributed by atoms with Gasteiger partial charge in [-0.1, -0.05) is 298 Å². The molecule has 3 unspecified atom stereocenters. The zero-order valence-electron chi connectivity index (χ0n) is 58.2. The Kier molecular flexibility index (Phi) is 57.8. The second-order valence-corrected chi connectivity index (χ2v) is 27.0. The number of para-hydroxylation sites is 2. The summed E-state index contributed by atoms with van der Waals surface area (Å²) >= 11 is 0. The van der Waals surface area contributed by atoms with E-state index in [2.05, 4.69) is 277 Å². The maximum Gasteiger partial charge on any atom is 2.00 e. The van der Waals surface area contributed by atoms with E-state index in [0.29, 0.717) is 11.8 Å². The molecule has 1 saturated carbocycles. The van der Waals surface area contributed by atoms with Gasteiger partial charge in [-0.15, -0.1) is 6.58 Å². The van der Waals surface area contributed by atoms with Gasteiger partial charge < -0.3 is 54.2 Å². The predicted molar refractivity (Wildman–Crippen MR) is 422 cm³/mol. The molecule has 5 nitrogen and oxygen atoms in total. The average molecular weight is 1510 g/mol. The number of aliphatic hydroxyl groups excluding tert-OH is 2. The van der Waals surface area contributed by atoms with Crippen LogP contribution in [0.1, 0.15) is 150 Å². The zero-order chi connectivity index (χ0) is 63.0. The molecule has 96 heavy (non-hydrogen) atoms. The molecule has 0 saturated heterocycles. The first kappa shape index (κ1) is 96.8. The first-order chi connectivity index (χ1) is 43.3. The van der Waals surface area contributed by atoms with Gasteiger partial charge in [0.2, 0.25) is 0 Å². The summed E-state index contributed by atoms with van der Waals surface area (Å²) in [6.45, 7) is 12.3. The van der Waals surface area contributed by atoms with Crippen LogP contribution >= 0.6 is 15.8 Å². The molecule has 2 N–H and O–H groups in total. The van der Waals surface area contributed by atoms with E-state index in [1.54, 1.807) is 0 Å². The Labute approximate surface area is 615 Å². The van der Waals surface area contributed by atoms with Crippen LogP contribution < -0.4 is 36.6 Å². The standard InChI is InChI=1S/C39H32OP2.C8H10O.2C8H12.C7H8.C5H10O.C4H8.2CH4O.2CH4.4CH3.2Rh/c1-39(2)33-25-15-27-35(41(29-17-7-3-8-18-29)30-19-9-4-10-20-30)37(33)40-38-34(39)26-16-28-36(38)42(31-21-11-5-12-22-31)32-23-13-6-14-24-32;9-5-8-4-6-1-2-7(8)3-6;2*1-2-4-6-8-7-5-3-1;1-2-7-4-3-6(1)5-7;1-2-3-4-5-6;1-3-4-2;2*1-2;;;;;;;;/h3-28H,1-2H3;1-2,5-8H,3-4H2;2*1-2,7-8H,3-6H2;1-4,6-7H,5H2;5H,2-4H2,1H3;3H,1,4H2,2H3;2*2H,1H3;2*1H4;4*1H3;;/q;;;;;;;;;;;4*-1;2*+2/b;;2*2-1-,8-7?;;;;;;;;;;;;;. The van der Waals surface area contributed by atoms with Crippen LogP contribution in [-0.4, -0.2) is 37.0 Å². The van der Waals surface area contributed by atoms with Crippen molar-refractivity contribution >= 4 is 60.2 Å². The third-order valence-electron chi connectivity index (χ3n) is 16.0. The molecular weight excluding hydrogens is 1390 g/mol. The Morgan fingerprint density at radius 1 is 0.469 bits per heavy atom. The Balaban J connectivity index is -0.000000637. The van der Waals surface area contributed by atoms with Gasteiger partial charge in [-0.05, 0) is 144 Å². The molecular formula is C87H120O5P2Rh2. The minimum absolute atomic E-state index is 0. The number of fused-ring (bicyclic) bond motifs is 6. The van der Waals surface area contributed by atoms with Gasteiger partial charge in [0, 0.05) is 53.7 Å². The van der Waals surface area contributed by atoms with Gasteiger partial charge in [-0.3, -0.25) is 0 Å². The predicted octanol–water partition coefficient (Wildman–Crippen LogP) is 21.4. The van der Waals surface area contributed by atoms with E-state index in [9.17, 15) is 9.59 Å². The largest absolute Gasteiger partial charge is 2.00 e. The SMILES string of the molecule is C.C.C1=CC2C=CC1C2.C1=CCC/C=C\CC1.C1=CCC/C=C\CC1.C=CCC.CC1(C)c2cccc(P(c3ccccc3)c3ccccc3)c2Oc2c(P(c3ccccc3)c3ccccc3)cccc21.CCCCC=O.CO.CO.O=CC1CC2C=CC1C2.[CH3-].[CH3-].[CH3-].[CH3-].[Rh+2].[Rh+2]. The Morgan fingerprint density at radius 2 is 0.792 bits per heavy atom. The van der Waals surface area contributed by atoms with Crippen LogP contribution in [0.5, 0.6) is 11.5 Å². The third kappa shape index (κ3) is 31.1. The number of unbranched alkanes of at least 4 members (excludes halogenated alkanes) is 2. The van der Waals surface area contributed by atoms with Crippen molar-refractivity contribution in [2.24, 2.45) is 29.6 Å². The summed E-state index contributed by atoms with van der Waals surface area (Å²) in [6.07, 6.45) is 53.3. The summed E-state index contributed by atoms with van der Waals surface area (Å²) in [5.74, 6) is 5.35. The second kappa shape index (κ2) is 57.3. The molecule has 0 amide bonds. The average Bonchev–Trinajstić information content (AvgIpc) is 0.909. The molecule has 0 aromatic heterocycles. The minimum Gasteiger partial charge on any atom is -0.455 e. The van der Waals surface area contributed by atoms with Crippen molar-refractivity contribution in [1.29, 1.82) is 0 Å². The molecule has 0 spiro atoms. The van der Waals surface area contributed by atoms with Gasteiger partial charge in [0.1, 0.15) is 24.1 Å². The number of aldehydes is 2. The van der Waals surface area contributed by atoms with E-state index >= 15 is 0 Å². The number of hydrogen-bond donors (Lipinski definition) is 2. The van der Waals surface area contributed by atoms with E-state index in [4.69, 9.17) is 14.9 Å². The van der Waals surface area contributed by atoms with Gasteiger partial charge in [0.25, 0.3) is 0 Å². The maximum atomic E-state index is 10.4. The fourth-order valence-electron chi connectivity index (χ4n) is 11.3. The van der Waals surface area contributed by atoms with Gasteiger partial charge in [0.05, 0.1) is 0 Å². The number of allylic oxidation sites excluding steroid dienone is 15. The molecule has 6 aliphatic carbocycles. The Hall–Kier alpha value is -5.59. The van der Waals surface area contributed by atoms with Crippen molar-refractivity contribution in [3.05, 3.63) is 296 Å². The normalized spacial score (nSPS) is 18.2. The summed E-state index contributed by atoms with van der Waals surface area (Å²) in [6, 6.07) is 57.2. The van der Waals surface area contributed by atoms with E-state index in [0.717, 1.165) is 88.1 Å². The van der Waals surface area contributed by atoms with Crippen LogP contribution in [0.4, 0.5) is 0 Å². The summed E-state index contributed by atoms with van der Waals surface area (Å²) < 4.78 is 7.26. The number of carbonyl (C=O) groups is 2. The molecule has 526 valence electrons. The Bertz CT molecular complexity index is 2810. The molecule has 1 aliphatic heterocycles. The van der Waals surface area contributed by atoms with Gasteiger partial charge in [-0.2, -0.15) is 0 Å². The van der Waals surface area contributed by atoms with Crippen LogP contribution in [0.2, 0.25) is 0 Å². The second-order valence-electron chi connectivity index (χ2n) is 22.7. The van der Waals surface area contributed by atoms with Crippen molar-refractivity contribution < 1.29 is 63.5 Å². The van der Waals surface area contributed by atoms with Crippen molar-refractivity contribution in [2.45, 2.75) is 144 Å². The van der Waals surface area contributed by atoms with Crippen LogP contribution in [0.25, 0.3) is 0 Å². The van der Waals surface area contributed by atoms with Crippen molar-refractivity contribution in [3.63, 3.8) is 0 Å². The molecule has 1 fully saturated rings. The van der Waals surface area contributed by atoms with Crippen LogP contribution in [-0.2, 0) is 54.0 Å². The van der Waals surface area contributed by atoms with E-state index in [1.165, 1.54) is 107 Å². The fourth-order valence-corrected chi connectivity index (χ4v) is 16.1. The third-order valence-corrected chi connectivity index (χ3v) is 20.9. The number of benzene rings is 6. The zero-order valence-corrected chi connectivity index (χ0v) is 63.3. The number of hydrogen-bond acceptors (Lipinski definition) is 5. The molecule has 3 atom stereocenters. The first-order valence-corrected chi connectivity index (χ1v) is 34.8. The molecule has 6 aromatic rings. The van der Waals surface area contributed by atoms with Gasteiger partial charge in [-0.25, -0.2) is 0 Å². The minimum atomic E-state index is -0.824. The van der Waals surface area contributed by atoms with E-state index in [1.807, 2.05) is 6.08 Å². The molecule has 9 heteroatoms.